The number of nitrogens with two attached hydrogens (primary N) is 1. The molecular formula is C14H12BrCl2FN2. The van der Waals surface area contributed by atoms with E-state index < -0.39 is 0 Å². The molecule has 0 bridgehead atoms. The Morgan fingerprint density at radius 2 is 1.80 bits per heavy atom. The second kappa shape index (κ2) is 6.87. The molecule has 2 aromatic rings. The molecule has 0 saturated heterocycles. The smallest absolute Gasteiger partial charge is 0.127 e. The van der Waals surface area contributed by atoms with Crippen molar-refractivity contribution in [1.82, 2.24) is 5.43 Å². The van der Waals surface area contributed by atoms with Crippen LogP contribution in [-0.2, 0) is 6.42 Å². The van der Waals surface area contributed by atoms with Gasteiger partial charge in [-0.1, -0.05) is 45.2 Å². The summed E-state index contributed by atoms with van der Waals surface area (Å²) in [6.45, 7) is 0. The van der Waals surface area contributed by atoms with Crippen LogP contribution in [0.5, 0.6) is 0 Å². The average molecular weight is 378 g/mol. The van der Waals surface area contributed by atoms with E-state index in [2.05, 4.69) is 21.4 Å². The molecule has 0 aromatic heterocycles. The summed E-state index contributed by atoms with van der Waals surface area (Å²) in [5, 5.41) is 0.965. The van der Waals surface area contributed by atoms with Crippen molar-refractivity contribution in [3.63, 3.8) is 0 Å². The Morgan fingerprint density at radius 1 is 1.15 bits per heavy atom. The van der Waals surface area contributed by atoms with Crippen LogP contribution < -0.4 is 11.3 Å². The van der Waals surface area contributed by atoms with Crippen molar-refractivity contribution in [3.05, 3.63) is 67.9 Å². The van der Waals surface area contributed by atoms with Gasteiger partial charge >= 0.3 is 0 Å². The fraction of sp³-hybridized carbons (Fsp3) is 0.143. The van der Waals surface area contributed by atoms with Crippen molar-refractivity contribution in [1.29, 1.82) is 0 Å². The standard InChI is InChI=1S/C14H12BrCl2FN2/c15-12-4-3-9(16)6-11(12)14(20-19)5-8-1-2-10(17)7-13(8)18/h1-4,6-7,14,20H,5,19H2. The zero-order valence-electron chi connectivity index (χ0n) is 10.3. The summed E-state index contributed by atoms with van der Waals surface area (Å²) >= 11 is 15.2. The minimum atomic E-state index is -0.351. The van der Waals surface area contributed by atoms with E-state index in [0.29, 0.717) is 22.0 Å². The number of benzene rings is 2. The summed E-state index contributed by atoms with van der Waals surface area (Å²) in [5.74, 6) is 5.24. The molecule has 0 radical (unpaired) electrons. The molecule has 6 heteroatoms. The summed E-state index contributed by atoms with van der Waals surface area (Å²) < 4.78 is 14.7. The largest absolute Gasteiger partial charge is 0.271 e. The van der Waals surface area contributed by atoms with Crippen LogP contribution in [-0.4, -0.2) is 0 Å². The minimum Gasteiger partial charge on any atom is -0.271 e. The van der Waals surface area contributed by atoms with Gasteiger partial charge in [0, 0.05) is 14.5 Å². The third kappa shape index (κ3) is 3.71. The van der Waals surface area contributed by atoms with Crippen molar-refractivity contribution in [2.75, 3.05) is 0 Å². The molecule has 2 aromatic carbocycles. The second-order valence-corrected chi connectivity index (χ2v) is 6.05. The zero-order valence-corrected chi connectivity index (χ0v) is 13.4. The normalized spacial score (nSPS) is 12.4. The number of rotatable bonds is 4. The van der Waals surface area contributed by atoms with Crippen molar-refractivity contribution < 1.29 is 4.39 Å². The van der Waals surface area contributed by atoms with E-state index in [0.717, 1.165) is 10.0 Å². The van der Waals surface area contributed by atoms with Gasteiger partial charge in [0.05, 0.1) is 6.04 Å². The Labute approximate surface area is 135 Å². The zero-order chi connectivity index (χ0) is 14.7. The van der Waals surface area contributed by atoms with Crippen LogP contribution in [0, 0.1) is 5.82 Å². The summed E-state index contributed by atoms with van der Waals surface area (Å²) in [6, 6.07) is 9.73. The molecule has 1 unspecified atom stereocenters. The van der Waals surface area contributed by atoms with E-state index in [1.54, 1.807) is 24.3 Å². The van der Waals surface area contributed by atoms with Crippen LogP contribution >= 0.6 is 39.1 Å². The van der Waals surface area contributed by atoms with Gasteiger partial charge in [-0.05, 0) is 47.9 Å². The molecule has 0 fully saturated rings. The van der Waals surface area contributed by atoms with Crippen LogP contribution in [0.15, 0.2) is 40.9 Å². The fourth-order valence-corrected chi connectivity index (χ4v) is 2.81. The highest BCUT2D eigenvalue weighted by molar-refractivity contribution is 9.10. The van der Waals surface area contributed by atoms with E-state index in [9.17, 15) is 4.39 Å². The van der Waals surface area contributed by atoms with Crippen molar-refractivity contribution >= 4 is 39.1 Å². The molecule has 1 atom stereocenters. The number of hydrogen-bond acceptors (Lipinski definition) is 2. The van der Waals surface area contributed by atoms with Gasteiger partial charge in [-0.25, -0.2) is 4.39 Å². The van der Waals surface area contributed by atoms with E-state index in [-0.39, 0.29) is 11.9 Å². The lowest BCUT2D eigenvalue weighted by Gasteiger charge is -2.18. The molecule has 2 rings (SSSR count). The molecule has 0 saturated carbocycles. The number of nitrogens with one attached hydrogen (secondary N) is 1. The lowest BCUT2D eigenvalue weighted by molar-refractivity contribution is 0.527. The topological polar surface area (TPSA) is 38.0 Å². The SMILES string of the molecule is NNC(Cc1ccc(Cl)cc1F)c1cc(Cl)ccc1Br. The molecule has 0 amide bonds. The number of halogens is 4. The number of hydrogen-bond donors (Lipinski definition) is 2. The molecule has 106 valence electrons. The maximum atomic E-state index is 13.9. The molecule has 20 heavy (non-hydrogen) atoms. The van der Waals surface area contributed by atoms with Gasteiger partial charge in [0.2, 0.25) is 0 Å². The van der Waals surface area contributed by atoms with E-state index >= 15 is 0 Å². The predicted molar refractivity (Wildman–Crippen MR) is 84.3 cm³/mol. The maximum Gasteiger partial charge on any atom is 0.127 e. The quantitative estimate of drug-likeness (QED) is 0.601. The van der Waals surface area contributed by atoms with Gasteiger partial charge in [0.1, 0.15) is 5.82 Å². The summed E-state index contributed by atoms with van der Waals surface area (Å²) in [7, 11) is 0. The summed E-state index contributed by atoms with van der Waals surface area (Å²) in [4.78, 5) is 0. The van der Waals surface area contributed by atoms with Crippen LogP contribution in [0.1, 0.15) is 17.2 Å². The van der Waals surface area contributed by atoms with Crippen LogP contribution in [0.2, 0.25) is 10.0 Å². The molecule has 3 N–H and O–H groups in total. The Kier molecular flexibility index (Phi) is 5.41. The molecule has 2 nitrogen and oxygen atoms in total. The third-order valence-corrected chi connectivity index (χ3v) is 4.17. The van der Waals surface area contributed by atoms with Gasteiger partial charge in [0.15, 0.2) is 0 Å². The summed E-state index contributed by atoms with van der Waals surface area (Å²) in [5.41, 5.74) is 4.09. The van der Waals surface area contributed by atoms with Gasteiger partial charge in [-0.3, -0.25) is 11.3 Å². The van der Waals surface area contributed by atoms with Gasteiger partial charge in [-0.15, -0.1) is 0 Å². The van der Waals surface area contributed by atoms with Crippen molar-refractivity contribution in [2.45, 2.75) is 12.5 Å². The lowest BCUT2D eigenvalue weighted by Crippen LogP contribution is -2.30. The second-order valence-electron chi connectivity index (χ2n) is 4.32. The number of hydrazine groups is 1. The minimum absolute atomic E-state index is 0.265. The fourth-order valence-electron chi connectivity index (χ4n) is 1.95. The first-order valence-electron chi connectivity index (χ1n) is 5.86. The first-order valence-corrected chi connectivity index (χ1v) is 7.41. The average Bonchev–Trinajstić information content (AvgIpc) is 2.41. The van der Waals surface area contributed by atoms with E-state index in [4.69, 9.17) is 29.0 Å². The molecule has 0 spiro atoms. The van der Waals surface area contributed by atoms with E-state index in [1.165, 1.54) is 6.07 Å². The predicted octanol–water partition coefficient (Wildman–Crippen LogP) is 4.64. The molecule has 0 aliphatic rings. The first kappa shape index (κ1) is 15.7. The Morgan fingerprint density at radius 3 is 2.45 bits per heavy atom. The molecule has 0 aliphatic heterocycles. The highest BCUT2D eigenvalue weighted by atomic mass is 79.9. The summed E-state index contributed by atoms with van der Waals surface area (Å²) in [6.07, 6.45) is 0.387. The highest BCUT2D eigenvalue weighted by Crippen LogP contribution is 2.29. The third-order valence-electron chi connectivity index (χ3n) is 2.97. The highest BCUT2D eigenvalue weighted by Gasteiger charge is 2.16. The maximum absolute atomic E-state index is 13.9. The monoisotopic (exact) mass is 376 g/mol. The Hall–Kier alpha value is -0.650. The Bertz CT molecular complexity index is 622. The van der Waals surface area contributed by atoms with Gasteiger partial charge in [0.25, 0.3) is 0 Å². The van der Waals surface area contributed by atoms with Crippen LogP contribution in [0.4, 0.5) is 4.39 Å². The van der Waals surface area contributed by atoms with Crippen molar-refractivity contribution in [2.24, 2.45) is 5.84 Å². The van der Waals surface area contributed by atoms with Gasteiger partial charge in [-0.2, -0.15) is 0 Å². The van der Waals surface area contributed by atoms with E-state index in [1.807, 2.05) is 6.07 Å². The molecule has 0 heterocycles. The first-order chi connectivity index (χ1) is 9.51. The van der Waals surface area contributed by atoms with Gasteiger partial charge < -0.3 is 0 Å². The Balaban J connectivity index is 2.31. The van der Waals surface area contributed by atoms with Crippen molar-refractivity contribution in [3.8, 4) is 0 Å². The van der Waals surface area contributed by atoms with Crippen LogP contribution in [0.3, 0.4) is 0 Å². The lowest BCUT2D eigenvalue weighted by atomic mass is 9.99. The van der Waals surface area contributed by atoms with Crippen LogP contribution in [0.25, 0.3) is 0 Å². The molecular weight excluding hydrogens is 366 g/mol. The molecule has 0 aliphatic carbocycles.